The summed E-state index contributed by atoms with van der Waals surface area (Å²) in [6.45, 7) is 11.7. The first-order valence-electron chi connectivity index (χ1n) is 34.8. The van der Waals surface area contributed by atoms with Crippen LogP contribution in [0.2, 0.25) is 0 Å². The van der Waals surface area contributed by atoms with Crippen LogP contribution in [0, 0.1) is 17.8 Å². The molecule has 0 fully saturated rings. The van der Waals surface area contributed by atoms with Crippen LogP contribution in [0.5, 0.6) is 0 Å². The van der Waals surface area contributed by atoms with E-state index in [0.29, 0.717) is 37.5 Å². The van der Waals surface area contributed by atoms with Crippen molar-refractivity contribution in [3.8, 4) is 0 Å². The highest BCUT2D eigenvalue weighted by molar-refractivity contribution is 7.47. The maximum Gasteiger partial charge on any atom is 0.472 e. The van der Waals surface area contributed by atoms with E-state index in [1.165, 1.54) is 135 Å². The fourth-order valence-electron chi connectivity index (χ4n) is 10.0. The largest absolute Gasteiger partial charge is 0.472 e. The zero-order valence-electron chi connectivity index (χ0n) is 55.8. The molecular formula is C67H130O17P2. The minimum atomic E-state index is -4.95. The number of unbranched alkanes of at least 4 members (excludes halogenated alkanes) is 33. The topological polar surface area (TPSA) is 237 Å². The summed E-state index contributed by atoms with van der Waals surface area (Å²) in [4.78, 5) is 72.3. The molecule has 0 saturated carbocycles. The summed E-state index contributed by atoms with van der Waals surface area (Å²) in [5, 5.41) is 10.5. The van der Waals surface area contributed by atoms with Crippen LogP contribution in [-0.4, -0.2) is 96.7 Å². The van der Waals surface area contributed by atoms with Crippen molar-refractivity contribution in [1.82, 2.24) is 0 Å². The molecule has 510 valence electrons. The maximum absolute atomic E-state index is 13.0. The second-order valence-corrected chi connectivity index (χ2v) is 28.5. The van der Waals surface area contributed by atoms with Crippen molar-refractivity contribution in [3.63, 3.8) is 0 Å². The summed E-state index contributed by atoms with van der Waals surface area (Å²) < 4.78 is 68.1. The Morgan fingerprint density at radius 2 is 0.535 bits per heavy atom. The zero-order valence-corrected chi connectivity index (χ0v) is 57.6. The number of hydrogen-bond acceptors (Lipinski definition) is 15. The van der Waals surface area contributed by atoms with E-state index in [1.54, 1.807) is 0 Å². The number of phosphoric ester groups is 2. The Bertz CT molecular complexity index is 1700. The summed E-state index contributed by atoms with van der Waals surface area (Å²) in [5.41, 5.74) is 0. The van der Waals surface area contributed by atoms with E-state index in [2.05, 4.69) is 48.5 Å². The molecule has 0 aliphatic heterocycles. The molecule has 0 heterocycles. The number of aliphatic hydroxyl groups is 1. The molecular weight excluding hydrogens is 1140 g/mol. The van der Waals surface area contributed by atoms with Gasteiger partial charge in [-0.1, -0.05) is 280 Å². The van der Waals surface area contributed by atoms with Crippen LogP contribution < -0.4 is 0 Å². The van der Waals surface area contributed by atoms with Gasteiger partial charge in [0.05, 0.1) is 26.4 Å². The van der Waals surface area contributed by atoms with Crippen molar-refractivity contribution >= 4 is 39.5 Å². The lowest BCUT2D eigenvalue weighted by molar-refractivity contribution is -0.161. The molecule has 0 spiro atoms. The Labute approximate surface area is 524 Å². The molecule has 0 rings (SSSR count). The van der Waals surface area contributed by atoms with Gasteiger partial charge in [-0.05, 0) is 43.4 Å². The zero-order chi connectivity index (χ0) is 63.8. The molecule has 0 bridgehead atoms. The number of carbonyl (C=O) groups is 4. The normalized spacial score (nSPS) is 14.3. The van der Waals surface area contributed by atoms with Crippen LogP contribution in [0.25, 0.3) is 0 Å². The first kappa shape index (κ1) is 84.1. The Kier molecular flexibility index (Phi) is 56.9. The van der Waals surface area contributed by atoms with E-state index in [0.717, 1.165) is 102 Å². The average molecular weight is 1270 g/mol. The number of ether oxygens (including phenoxy) is 4. The van der Waals surface area contributed by atoms with E-state index in [9.17, 15) is 43.2 Å². The fraction of sp³-hybridized carbons (Fsp3) is 0.940. The number of aliphatic hydroxyl groups excluding tert-OH is 1. The minimum Gasteiger partial charge on any atom is -0.462 e. The van der Waals surface area contributed by atoms with Gasteiger partial charge < -0.3 is 33.8 Å². The predicted octanol–water partition coefficient (Wildman–Crippen LogP) is 18.7. The first-order valence-corrected chi connectivity index (χ1v) is 37.8. The molecule has 0 aromatic heterocycles. The number of carbonyl (C=O) groups excluding carboxylic acids is 4. The van der Waals surface area contributed by atoms with Crippen LogP contribution in [0.4, 0.5) is 0 Å². The molecule has 86 heavy (non-hydrogen) atoms. The van der Waals surface area contributed by atoms with Crippen molar-refractivity contribution < 1.29 is 80.2 Å². The number of rotatable bonds is 65. The van der Waals surface area contributed by atoms with Gasteiger partial charge in [-0.2, -0.15) is 0 Å². The standard InChI is InChI=1S/C67H130O17P2/c1-8-9-10-11-12-13-18-22-25-34-41-48-64(69)77-54-62(83-66(71)50-43-36-26-23-20-17-15-14-16-19-21-24-31-38-45-58(2)3)56-81-85(73,74)79-52-61(68)53-80-86(75,76)82-57-63(84-67(72)51-44-37-30-28-33-40-47-60(6)7)55-78-65(70)49-42-35-29-27-32-39-46-59(4)5/h58-63,68H,8-57H2,1-7H3,(H,73,74)(H,75,76)/t61-,62-,63-/m1/s1. The smallest absolute Gasteiger partial charge is 0.462 e. The lowest BCUT2D eigenvalue weighted by atomic mass is 10.0. The van der Waals surface area contributed by atoms with Crippen molar-refractivity contribution in [2.75, 3.05) is 39.6 Å². The molecule has 0 radical (unpaired) electrons. The van der Waals surface area contributed by atoms with Crippen molar-refractivity contribution in [2.45, 2.75) is 349 Å². The third kappa shape index (κ3) is 60.9. The molecule has 0 aromatic carbocycles. The van der Waals surface area contributed by atoms with Crippen LogP contribution in [0.3, 0.4) is 0 Å². The summed E-state index contributed by atoms with van der Waals surface area (Å²) in [6, 6.07) is 0. The molecule has 0 aliphatic carbocycles. The Morgan fingerprint density at radius 3 is 0.791 bits per heavy atom. The van der Waals surface area contributed by atoms with Gasteiger partial charge in [-0.15, -0.1) is 0 Å². The number of hydrogen-bond donors (Lipinski definition) is 3. The van der Waals surface area contributed by atoms with Gasteiger partial charge in [0, 0.05) is 25.7 Å². The second-order valence-electron chi connectivity index (χ2n) is 25.6. The van der Waals surface area contributed by atoms with Gasteiger partial charge in [0.2, 0.25) is 0 Å². The fourth-order valence-corrected chi connectivity index (χ4v) is 11.6. The summed E-state index contributed by atoms with van der Waals surface area (Å²) in [7, 11) is -9.89. The van der Waals surface area contributed by atoms with Gasteiger partial charge in [0.1, 0.15) is 19.3 Å². The van der Waals surface area contributed by atoms with Crippen molar-refractivity contribution in [2.24, 2.45) is 17.8 Å². The second kappa shape index (κ2) is 58.2. The maximum atomic E-state index is 13.0. The molecule has 0 amide bonds. The lowest BCUT2D eigenvalue weighted by Gasteiger charge is -2.21. The molecule has 17 nitrogen and oxygen atoms in total. The quantitative estimate of drug-likeness (QED) is 0.0222. The average Bonchev–Trinajstić information content (AvgIpc) is 3.64. The van der Waals surface area contributed by atoms with E-state index in [1.807, 2.05) is 0 Å². The van der Waals surface area contributed by atoms with Gasteiger partial charge in [-0.25, -0.2) is 9.13 Å². The van der Waals surface area contributed by atoms with Crippen molar-refractivity contribution in [1.29, 1.82) is 0 Å². The Morgan fingerprint density at radius 1 is 0.314 bits per heavy atom. The van der Waals surface area contributed by atoms with Crippen molar-refractivity contribution in [3.05, 3.63) is 0 Å². The van der Waals surface area contributed by atoms with Gasteiger partial charge in [0.25, 0.3) is 0 Å². The molecule has 0 aliphatic rings. The van der Waals surface area contributed by atoms with Gasteiger partial charge in [-0.3, -0.25) is 37.3 Å². The van der Waals surface area contributed by atoms with E-state index >= 15 is 0 Å². The molecule has 0 aromatic rings. The summed E-state index contributed by atoms with van der Waals surface area (Å²) in [6.07, 6.45) is 40.6. The summed E-state index contributed by atoms with van der Waals surface area (Å²) >= 11 is 0. The molecule has 0 saturated heterocycles. The Balaban J connectivity index is 5.21. The van der Waals surface area contributed by atoms with E-state index < -0.39 is 97.5 Å². The number of phosphoric acid groups is 2. The van der Waals surface area contributed by atoms with Crippen LogP contribution >= 0.6 is 15.6 Å². The van der Waals surface area contributed by atoms with Crippen LogP contribution in [0.15, 0.2) is 0 Å². The molecule has 5 atom stereocenters. The van der Waals surface area contributed by atoms with Gasteiger partial charge in [0.15, 0.2) is 12.2 Å². The molecule has 2 unspecified atom stereocenters. The molecule has 19 heteroatoms. The highest BCUT2D eigenvalue weighted by Gasteiger charge is 2.30. The third-order valence-corrected chi connectivity index (χ3v) is 17.3. The van der Waals surface area contributed by atoms with Gasteiger partial charge >= 0.3 is 39.5 Å². The van der Waals surface area contributed by atoms with E-state index in [-0.39, 0.29) is 25.7 Å². The monoisotopic (exact) mass is 1270 g/mol. The first-order chi connectivity index (χ1) is 41.2. The third-order valence-electron chi connectivity index (χ3n) is 15.4. The lowest BCUT2D eigenvalue weighted by Crippen LogP contribution is -2.30. The number of esters is 4. The molecule has 3 N–H and O–H groups in total. The Hall–Kier alpha value is -1.94. The SMILES string of the molecule is CCCCCCCCCCCCCC(=O)OC[C@H](COP(=O)(O)OC[C@@H](O)COP(=O)(O)OC[C@@H](COC(=O)CCCCCCCCC(C)C)OC(=O)CCCCCCCCC(C)C)OC(=O)CCCCCCCCCCCCCCCCC(C)C. The predicted molar refractivity (Wildman–Crippen MR) is 344 cm³/mol. The van der Waals surface area contributed by atoms with Crippen LogP contribution in [0.1, 0.15) is 331 Å². The van der Waals surface area contributed by atoms with E-state index in [4.69, 9.17) is 37.0 Å². The minimum absolute atomic E-state index is 0.101. The highest BCUT2D eigenvalue weighted by Crippen LogP contribution is 2.45. The summed E-state index contributed by atoms with van der Waals surface area (Å²) in [5.74, 6) is 0.00760. The van der Waals surface area contributed by atoms with Crippen LogP contribution in [-0.2, 0) is 65.4 Å². The highest BCUT2D eigenvalue weighted by atomic mass is 31.2.